The van der Waals surface area contributed by atoms with Crippen LogP contribution >= 0.6 is 11.6 Å². The van der Waals surface area contributed by atoms with Crippen LogP contribution in [0, 0.1) is 5.82 Å². The molecule has 1 atom stereocenters. The number of rotatable bonds is 2. The number of hydrogen-bond acceptors (Lipinski definition) is 3. The first kappa shape index (κ1) is 14.0. The number of halogens is 2. The molecule has 114 valence electrons. The van der Waals surface area contributed by atoms with Crippen molar-refractivity contribution >= 4 is 23.2 Å². The summed E-state index contributed by atoms with van der Waals surface area (Å²) in [6, 6.07) is 14.0. The first-order valence-corrected chi connectivity index (χ1v) is 7.49. The van der Waals surface area contributed by atoms with Gasteiger partial charge in [0.05, 0.1) is 0 Å². The zero-order valence-corrected chi connectivity index (χ0v) is 12.7. The molecule has 1 N–H and O–H groups in total. The van der Waals surface area contributed by atoms with Gasteiger partial charge in [0.1, 0.15) is 18.2 Å². The van der Waals surface area contributed by atoms with Crippen molar-refractivity contribution in [2.75, 3.05) is 5.32 Å². The predicted molar refractivity (Wildman–Crippen MR) is 87.6 cm³/mol. The number of aromatic nitrogens is 3. The van der Waals surface area contributed by atoms with Crippen LogP contribution in [0.3, 0.4) is 0 Å². The SMILES string of the molecule is Fc1cccc(Cl)c1[C@@H]1C=C(c2ccccc2)Nc2ncnn21. The molecule has 0 unspecified atom stereocenters. The third kappa shape index (κ3) is 2.39. The second kappa shape index (κ2) is 5.52. The summed E-state index contributed by atoms with van der Waals surface area (Å²) < 4.78 is 16.0. The Hall–Kier alpha value is -2.66. The van der Waals surface area contributed by atoms with E-state index < -0.39 is 6.04 Å². The standard InChI is InChI=1S/C17H12ClFN4/c18-12-7-4-8-13(19)16(12)15-9-14(11-5-2-1-3-6-11)22-17-20-10-21-23(15)17/h1-10,15H,(H,20,21,22)/t15-/m0/s1. The van der Waals surface area contributed by atoms with Crippen LogP contribution < -0.4 is 5.32 Å². The van der Waals surface area contributed by atoms with E-state index in [-0.39, 0.29) is 5.82 Å². The first-order chi connectivity index (χ1) is 11.2. The summed E-state index contributed by atoms with van der Waals surface area (Å²) in [6.07, 6.45) is 3.34. The molecule has 0 saturated carbocycles. The van der Waals surface area contributed by atoms with Crippen LogP contribution in [-0.2, 0) is 0 Å². The Kier molecular flexibility index (Phi) is 3.35. The quantitative estimate of drug-likeness (QED) is 0.770. The molecule has 1 aliphatic heterocycles. The zero-order chi connectivity index (χ0) is 15.8. The number of fused-ring (bicyclic) bond motifs is 1. The number of anilines is 1. The molecular weight excluding hydrogens is 315 g/mol. The van der Waals surface area contributed by atoms with Gasteiger partial charge in [-0.05, 0) is 23.8 Å². The Morgan fingerprint density at radius 3 is 2.70 bits per heavy atom. The summed E-state index contributed by atoms with van der Waals surface area (Å²) in [5.41, 5.74) is 2.21. The Morgan fingerprint density at radius 2 is 1.91 bits per heavy atom. The molecule has 2 heterocycles. The fraction of sp³-hybridized carbons (Fsp3) is 0.0588. The van der Waals surface area contributed by atoms with Crippen LogP contribution in [-0.4, -0.2) is 14.8 Å². The summed E-state index contributed by atoms with van der Waals surface area (Å²) in [5.74, 6) is 0.185. The average molecular weight is 327 g/mol. The highest BCUT2D eigenvalue weighted by Gasteiger charge is 2.27. The topological polar surface area (TPSA) is 42.7 Å². The van der Waals surface area contributed by atoms with Crippen molar-refractivity contribution in [2.24, 2.45) is 0 Å². The number of benzene rings is 2. The van der Waals surface area contributed by atoms with Gasteiger partial charge in [0.25, 0.3) is 0 Å². The maximum absolute atomic E-state index is 14.4. The lowest BCUT2D eigenvalue weighted by Crippen LogP contribution is -2.21. The third-order valence-electron chi connectivity index (χ3n) is 3.79. The molecule has 0 bridgehead atoms. The summed E-state index contributed by atoms with van der Waals surface area (Å²) in [4.78, 5) is 4.20. The highest BCUT2D eigenvalue weighted by atomic mass is 35.5. The van der Waals surface area contributed by atoms with Gasteiger partial charge in [0.15, 0.2) is 0 Å². The Balaban J connectivity index is 1.89. The molecule has 23 heavy (non-hydrogen) atoms. The van der Waals surface area contributed by atoms with Gasteiger partial charge in [-0.1, -0.05) is 48.0 Å². The minimum Gasteiger partial charge on any atom is -0.324 e. The van der Waals surface area contributed by atoms with E-state index in [2.05, 4.69) is 15.4 Å². The van der Waals surface area contributed by atoms with Crippen molar-refractivity contribution in [3.05, 3.63) is 82.9 Å². The number of nitrogens with one attached hydrogen (secondary N) is 1. The number of hydrogen-bond donors (Lipinski definition) is 1. The van der Waals surface area contributed by atoms with Crippen LogP contribution in [0.4, 0.5) is 10.3 Å². The van der Waals surface area contributed by atoms with Crippen molar-refractivity contribution in [1.82, 2.24) is 14.8 Å². The smallest absolute Gasteiger partial charge is 0.226 e. The summed E-state index contributed by atoms with van der Waals surface area (Å²) in [7, 11) is 0. The number of allylic oxidation sites excluding steroid dienone is 1. The predicted octanol–water partition coefficient (Wildman–Crippen LogP) is 4.13. The molecule has 0 saturated heterocycles. The lowest BCUT2D eigenvalue weighted by Gasteiger charge is -2.25. The number of nitrogens with zero attached hydrogens (tertiary/aromatic N) is 3. The van der Waals surface area contributed by atoms with E-state index in [0.29, 0.717) is 16.5 Å². The lowest BCUT2D eigenvalue weighted by molar-refractivity contribution is 0.551. The monoisotopic (exact) mass is 326 g/mol. The van der Waals surface area contributed by atoms with Gasteiger partial charge in [-0.3, -0.25) is 0 Å². The van der Waals surface area contributed by atoms with E-state index in [1.54, 1.807) is 16.8 Å². The molecule has 0 spiro atoms. The third-order valence-corrected chi connectivity index (χ3v) is 4.12. The molecular formula is C17H12ClFN4. The van der Waals surface area contributed by atoms with Crippen LogP contribution in [0.5, 0.6) is 0 Å². The molecule has 6 heteroatoms. The zero-order valence-electron chi connectivity index (χ0n) is 11.9. The first-order valence-electron chi connectivity index (χ1n) is 7.12. The summed E-state index contributed by atoms with van der Waals surface area (Å²) in [5, 5.41) is 7.78. The summed E-state index contributed by atoms with van der Waals surface area (Å²) >= 11 is 6.24. The highest BCUT2D eigenvalue weighted by Crippen LogP contribution is 2.36. The van der Waals surface area contributed by atoms with E-state index in [0.717, 1.165) is 11.3 Å². The summed E-state index contributed by atoms with van der Waals surface area (Å²) in [6.45, 7) is 0. The van der Waals surface area contributed by atoms with Crippen LogP contribution in [0.1, 0.15) is 17.2 Å². The fourth-order valence-corrected chi connectivity index (χ4v) is 2.99. The van der Waals surface area contributed by atoms with E-state index in [9.17, 15) is 4.39 Å². The van der Waals surface area contributed by atoms with Crippen LogP contribution in [0.25, 0.3) is 5.70 Å². The maximum atomic E-state index is 14.4. The molecule has 0 radical (unpaired) electrons. The molecule has 0 amide bonds. The van der Waals surface area contributed by atoms with E-state index in [1.807, 2.05) is 36.4 Å². The van der Waals surface area contributed by atoms with Gasteiger partial charge in [0, 0.05) is 16.3 Å². The molecule has 3 aromatic rings. The van der Waals surface area contributed by atoms with Crippen molar-refractivity contribution in [3.8, 4) is 0 Å². The fourth-order valence-electron chi connectivity index (χ4n) is 2.72. The van der Waals surface area contributed by atoms with Crippen molar-refractivity contribution in [1.29, 1.82) is 0 Å². The Bertz CT molecular complexity index is 868. The minimum absolute atomic E-state index is 0.363. The highest BCUT2D eigenvalue weighted by molar-refractivity contribution is 6.31. The van der Waals surface area contributed by atoms with Crippen LogP contribution in [0.2, 0.25) is 5.02 Å². The van der Waals surface area contributed by atoms with Crippen LogP contribution in [0.15, 0.2) is 60.9 Å². The van der Waals surface area contributed by atoms with E-state index >= 15 is 0 Å². The van der Waals surface area contributed by atoms with E-state index in [4.69, 9.17) is 11.6 Å². The second-order valence-electron chi connectivity index (χ2n) is 5.18. The van der Waals surface area contributed by atoms with Crippen molar-refractivity contribution in [2.45, 2.75) is 6.04 Å². The van der Waals surface area contributed by atoms with Gasteiger partial charge >= 0.3 is 0 Å². The maximum Gasteiger partial charge on any atom is 0.226 e. The van der Waals surface area contributed by atoms with Crippen molar-refractivity contribution in [3.63, 3.8) is 0 Å². The van der Waals surface area contributed by atoms with E-state index in [1.165, 1.54) is 12.4 Å². The molecule has 1 aromatic heterocycles. The van der Waals surface area contributed by atoms with Gasteiger partial charge in [-0.15, -0.1) is 0 Å². The van der Waals surface area contributed by atoms with Gasteiger partial charge in [0.2, 0.25) is 5.95 Å². The second-order valence-corrected chi connectivity index (χ2v) is 5.59. The molecule has 0 fully saturated rings. The Morgan fingerprint density at radius 1 is 1.09 bits per heavy atom. The van der Waals surface area contributed by atoms with Gasteiger partial charge < -0.3 is 5.32 Å². The minimum atomic E-state index is -0.461. The molecule has 2 aromatic carbocycles. The normalized spacial score (nSPS) is 16.4. The molecule has 4 nitrogen and oxygen atoms in total. The molecule has 0 aliphatic carbocycles. The van der Waals surface area contributed by atoms with Gasteiger partial charge in [-0.2, -0.15) is 10.1 Å². The molecule has 4 rings (SSSR count). The largest absolute Gasteiger partial charge is 0.324 e. The average Bonchev–Trinajstić information content (AvgIpc) is 3.04. The molecule has 1 aliphatic rings. The van der Waals surface area contributed by atoms with Gasteiger partial charge in [-0.25, -0.2) is 9.07 Å². The Labute approximate surface area is 137 Å². The van der Waals surface area contributed by atoms with Crippen molar-refractivity contribution < 1.29 is 4.39 Å². The lowest BCUT2D eigenvalue weighted by atomic mass is 10.0.